The van der Waals surface area contributed by atoms with Crippen LogP contribution in [0, 0.1) is 13.8 Å². The lowest BCUT2D eigenvalue weighted by molar-refractivity contribution is 0.0693. The van der Waals surface area contributed by atoms with Crippen molar-refractivity contribution in [2.24, 2.45) is 0 Å². The number of carboxylic acids is 1. The van der Waals surface area contributed by atoms with Gasteiger partial charge in [-0.25, -0.2) is 9.48 Å². The molecule has 34 heavy (non-hydrogen) atoms. The minimum Gasteiger partial charge on any atom is -0.505 e. The molecule has 3 aromatic carbocycles. The zero-order valence-corrected chi connectivity index (χ0v) is 19.7. The van der Waals surface area contributed by atoms with Crippen LogP contribution in [0.4, 0.5) is 0 Å². The molecule has 0 fully saturated rings. The Morgan fingerprint density at radius 3 is 2.03 bits per heavy atom. The largest absolute Gasteiger partial charge is 0.505 e. The van der Waals surface area contributed by atoms with Crippen LogP contribution in [0.3, 0.4) is 0 Å². The Kier molecular flexibility index (Phi) is 6.95. The second kappa shape index (κ2) is 10.1. The lowest BCUT2D eigenvalue weighted by atomic mass is 10.1. The van der Waals surface area contributed by atoms with Crippen molar-refractivity contribution in [3.05, 3.63) is 105 Å². The van der Waals surface area contributed by atoms with Crippen molar-refractivity contribution >= 4 is 17.6 Å². The first-order valence-electron chi connectivity index (χ1n) is 10.8. The van der Waals surface area contributed by atoms with E-state index in [0.717, 1.165) is 0 Å². The molecule has 0 atom stereocenters. The second-order valence-electron chi connectivity index (χ2n) is 8.40. The van der Waals surface area contributed by atoms with Crippen molar-refractivity contribution in [3.63, 3.8) is 0 Å². The third-order valence-electron chi connectivity index (χ3n) is 5.51. The molecular formula is C26H25ClN4O3. The van der Waals surface area contributed by atoms with E-state index in [-0.39, 0.29) is 16.3 Å². The predicted octanol–water partition coefficient (Wildman–Crippen LogP) is 5.14. The quantitative estimate of drug-likeness (QED) is 0.365. The van der Waals surface area contributed by atoms with Gasteiger partial charge in [-0.15, -0.1) is 5.10 Å². The molecule has 0 unspecified atom stereocenters. The Balaban J connectivity index is 1.60. The average molecular weight is 477 g/mol. The maximum absolute atomic E-state index is 11.4. The van der Waals surface area contributed by atoms with Crippen molar-refractivity contribution in [2.75, 3.05) is 0 Å². The molecular weight excluding hydrogens is 452 g/mol. The number of aryl methyl sites for hydroxylation is 2. The van der Waals surface area contributed by atoms with E-state index >= 15 is 0 Å². The van der Waals surface area contributed by atoms with Crippen LogP contribution in [0.15, 0.2) is 66.9 Å². The number of hydrogen-bond donors (Lipinski definition) is 2. The van der Waals surface area contributed by atoms with Gasteiger partial charge >= 0.3 is 5.97 Å². The summed E-state index contributed by atoms with van der Waals surface area (Å²) < 4.78 is 1.35. The summed E-state index contributed by atoms with van der Waals surface area (Å²) >= 11 is 6.07. The lowest BCUT2D eigenvalue weighted by Crippen LogP contribution is -2.22. The van der Waals surface area contributed by atoms with E-state index in [0.29, 0.717) is 25.3 Å². The van der Waals surface area contributed by atoms with Crippen LogP contribution in [-0.4, -0.2) is 36.1 Å². The predicted molar refractivity (Wildman–Crippen MR) is 130 cm³/mol. The summed E-state index contributed by atoms with van der Waals surface area (Å²) in [5, 5.41) is 28.3. The van der Waals surface area contributed by atoms with Crippen LogP contribution in [0.2, 0.25) is 5.02 Å². The van der Waals surface area contributed by atoms with Crippen molar-refractivity contribution in [1.29, 1.82) is 0 Å². The third kappa shape index (κ3) is 5.62. The standard InChI is InChI=1S/C26H25ClN4O3/c1-17-3-7-19(8-4-17)13-30(14-20-9-5-18(2)6-10-20)15-22-16-31(29-28-22)24-12-21(27)11-23(25(24)32)26(33)34/h3-12,16,32H,13-15H2,1-2H3,(H,33,34). The molecule has 0 aliphatic rings. The number of halogens is 1. The number of aromatic hydroxyl groups is 1. The van der Waals surface area contributed by atoms with Crippen LogP contribution in [0.1, 0.15) is 38.3 Å². The van der Waals surface area contributed by atoms with Crippen LogP contribution < -0.4 is 0 Å². The molecule has 0 bridgehead atoms. The van der Waals surface area contributed by atoms with Gasteiger partial charge in [0.05, 0.1) is 11.9 Å². The molecule has 7 nitrogen and oxygen atoms in total. The highest BCUT2D eigenvalue weighted by Crippen LogP contribution is 2.30. The summed E-state index contributed by atoms with van der Waals surface area (Å²) in [5.41, 5.74) is 5.33. The molecule has 4 rings (SSSR count). The highest BCUT2D eigenvalue weighted by atomic mass is 35.5. The summed E-state index contributed by atoms with van der Waals surface area (Å²) in [6.45, 7) is 6.06. The highest BCUT2D eigenvalue weighted by molar-refractivity contribution is 6.31. The maximum Gasteiger partial charge on any atom is 0.339 e. The number of phenols is 1. The molecule has 2 N–H and O–H groups in total. The molecule has 0 aliphatic carbocycles. The van der Waals surface area contributed by atoms with Gasteiger partial charge in [0.15, 0.2) is 5.75 Å². The summed E-state index contributed by atoms with van der Waals surface area (Å²) in [5.74, 6) is -1.69. The SMILES string of the molecule is Cc1ccc(CN(Cc2ccc(C)cc2)Cc2cn(-c3cc(Cl)cc(C(=O)O)c3O)nn2)cc1. The Hall–Kier alpha value is -3.68. The van der Waals surface area contributed by atoms with E-state index in [4.69, 9.17) is 11.6 Å². The zero-order valence-electron chi connectivity index (χ0n) is 18.9. The highest BCUT2D eigenvalue weighted by Gasteiger charge is 2.18. The molecule has 1 heterocycles. The lowest BCUT2D eigenvalue weighted by Gasteiger charge is -2.21. The Morgan fingerprint density at radius 1 is 0.941 bits per heavy atom. The summed E-state index contributed by atoms with van der Waals surface area (Å²) in [4.78, 5) is 13.7. The Labute approximate surface area is 202 Å². The van der Waals surface area contributed by atoms with Gasteiger partial charge in [-0.3, -0.25) is 4.90 Å². The number of benzene rings is 3. The maximum atomic E-state index is 11.4. The summed E-state index contributed by atoms with van der Waals surface area (Å²) in [6.07, 6.45) is 1.67. The second-order valence-corrected chi connectivity index (χ2v) is 8.83. The Morgan fingerprint density at radius 2 is 1.50 bits per heavy atom. The van der Waals surface area contributed by atoms with E-state index in [9.17, 15) is 15.0 Å². The normalized spacial score (nSPS) is 11.2. The van der Waals surface area contributed by atoms with Gasteiger partial charge in [0.1, 0.15) is 11.3 Å². The van der Waals surface area contributed by atoms with Crippen molar-refractivity contribution in [1.82, 2.24) is 19.9 Å². The van der Waals surface area contributed by atoms with Crippen LogP contribution in [0.25, 0.3) is 5.69 Å². The molecule has 0 saturated heterocycles. The first-order chi connectivity index (χ1) is 16.3. The van der Waals surface area contributed by atoms with Crippen molar-refractivity contribution in [2.45, 2.75) is 33.5 Å². The van der Waals surface area contributed by atoms with Gasteiger partial charge in [0.25, 0.3) is 0 Å². The van der Waals surface area contributed by atoms with Gasteiger partial charge in [0, 0.05) is 24.7 Å². The van der Waals surface area contributed by atoms with Crippen LogP contribution in [-0.2, 0) is 19.6 Å². The first kappa shape index (κ1) is 23.5. The fourth-order valence-electron chi connectivity index (χ4n) is 3.71. The van der Waals surface area contributed by atoms with Gasteiger partial charge in [0.2, 0.25) is 0 Å². The monoisotopic (exact) mass is 476 g/mol. The van der Waals surface area contributed by atoms with Crippen LogP contribution in [0.5, 0.6) is 5.75 Å². The zero-order chi connectivity index (χ0) is 24.2. The van der Waals surface area contributed by atoms with E-state index in [1.54, 1.807) is 6.20 Å². The fraction of sp³-hybridized carbons (Fsp3) is 0.192. The third-order valence-corrected chi connectivity index (χ3v) is 5.73. The number of rotatable bonds is 8. The first-order valence-corrected chi connectivity index (χ1v) is 11.2. The van der Waals surface area contributed by atoms with Gasteiger partial charge in [-0.1, -0.05) is 76.5 Å². The van der Waals surface area contributed by atoms with Gasteiger partial charge < -0.3 is 10.2 Å². The number of hydrogen-bond acceptors (Lipinski definition) is 5. The number of nitrogens with zero attached hydrogens (tertiary/aromatic N) is 4. The number of carbonyl (C=O) groups is 1. The topological polar surface area (TPSA) is 91.5 Å². The molecule has 4 aromatic rings. The van der Waals surface area contributed by atoms with E-state index in [1.165, 1.54) is 39.1 Å². The van der Waals surface area contributed by atoms with Crippen molar-refractivity contribution in [3.8, 4) is 11.4 Å². The molecule has 0 saturated carbocycles. The van der Waals surface area contributed by atoms with E-state index in [2.05, 4.69) is 77.6 Å². The molecule has 8 heteroatoms. The van der Waals surface area contributed by atoms with E-state index in [1.807, 2.05) is 0 Å². The molecule has 0 amide bonds. The van der Waals surface area contributed by atoms with Gasteiger partial charge in [-0.2, -0.15) is 0 Å². The molecule has 0 radical (unpaired) electrons. The fourth-order valence-corrected chi connectivity index (χ4v) is 3.92. The van der Waals surface area contributed by atoms with Crippen LogP contribution >= 0.6 is 11.6 Å². The smallest absolute Gasteiger partial charge is 0.339 e. The Bertz CT molecular complexity index is 1250. The number of aromatic nitrogens is 3. The number of carboxylic acid groups (broad SMARTS) is 1. The summed E-state index contributed by atoms with van der Waals surface area (Å²) in [6, 6.07) is 19.5. The average Bonchev–Trinajstić information content (AvgIpc) is 3.26. The molecule has 1 aromatic heterocycles. The molecule has 0 aliphatic heterocycles. The van der Waals surface area contributed by atoms with Gasteiger partial charge in [-0.05, 0) is 37.1 Å². The number of aromatic carboxylic acids is 1. The van der Waals surface area contributed by atoms with E-state index < -0.39 is 11.7 Å². The van der Waals surface area contributed by atoms with Crippen molar-refractivity contribution < 1.29 is 15.0 Å². The minimum absolute atomic E-state index is 0.160. The molecule has 174 valence electrons. The minimum atomic E-state index is -1.27. The molecule has 0 spiro atoms. The summed E-state index contributed by atoms with van der Waals surface area (Å²) in [7, 11) is 0.